The van der Waals surface area contributed by atoms with Crippen molar-refractivity contribution in [3.8, 4) is 5.75 Å². The number of hydrogen-bond acceptors (Lipinski definition) is 3. The molecule has 1 saturated heterocycles. The highest BCUT2D eigenvalue weighted by Gasteiger charge is 2.22. The maximum atomic E-state index is 5.78. The second-order valence-electron chi connectivity index (χ2n) is 4.47. The lowest BCUT2D eigenvalue weighted by Gasteiger charge is -2.23. The van der Waals surface area contributed by atoms with Crippen molar-refractivity contribution in [1.29, 1.82) is 0 Å². The van der Waals surface area contributed by atoms with Gasteiger partial charge in [-0.1, -0.05) is 6.07 Å². The van der Waals surface area contributed by atoms with Crippen LogP contribution in [-0.2, 0) is 6.54 Å². The first-order valence-corrected chi connectivity index (χ1v) is 6.80. The molecule has 1 heterocycles. The highest BCUT2D eigenvalue weighted by molar-refractivity contribution is 9.10. The molecular formula is C13H19BrN2O. The summed E-state index contributed by atoms with van der Waals surface area (Å²) >= 11 is 3.52. The standard InChI is InChI=1S/C13H19BrN2O/c1-17-13-5-4-10(7-12(13)14)9-16-6-2-3-11(16)8-15/h4-5,7,11H,2-3,6,8-9,15H2,1H3. The molecule has 2 N–H and O–H groups in total. The lowest BCUT2D eigenvalue weighted by molar-refractivity contribution is 0.250. The SMILES string of the molecule is COc1ccc(CN2CCCC2CN)cc1Br. The maximum absolute atomic E-state index is 5.78. The number of rotatable bonds is 4. The molecule has 1 unspecified atom stereocenters. The summed E-state index contributed by atoms with van der Waals surface area (Å²) < 4.78 is 6.25. The fourth-order valence-electron chi connectivity index (χ4n) is 2.41. The minimum atomic E-state index is 0.552. The van der Waals surface area contributed by atoms with E-state index in [4.69, 9.17) is 10.5 Å². The Morgan fingerprint density at radius 2 is 2.35 bits per heavy atom. The van der Waals surface area contributed by atoms with Crippen molar-refractivity contribution in [3.05, 3.63) is 28.2 Å². The molecule has 0 bridgehead atoms. The summed E-state index contributed by atoms with van der Waals surface area (Å²) in [6.45, 7) is 2.90. The van der Waals surface area contributed by atoms with Crippen LogP contribution >= 0.6 is 15.9 Å². The Balaban J connectivity index is 2.05. The first-order chi connectivity index (χ1) is 8.24. The molecule has 1 atom stereocenters. The van der Waals surface area contributed by atoms with Gasteiger partial charge >= 0.3 is 0 Å². The minimum Gasteiger partial charge on any atom is -0.496 e. The Kier molecular flexibility index (Phi) is 4.42. The Morgan fingerprint density at radius 3 is 3.00 bits per heavy atom. The monoisotopic (exact) mass is 298 g/mol. The third-order valence-corrected chi connectivity index (χ3v) is 3.99. The van der Waals surface area contributed by atoms with E-state index in [0.29, 0.717) is 6.04 Å². The van der Waals surface area contributed by atoms with Gasteiger partial charge < -0.3 is 10.5 Å². The molecule has 1 aliphatic rings. The molecule has 1 aromatic carbocycles. The lowest BCUT2D eigenvalue weighted by Crippen LogP contribution is -2.34. The number of nitrogens with zero attached hydrogens (tertiary/aromatic N) is 1. The predicted molar refractivity (Wildman–Crippen MR) is 73.2 cm³/mol. The van der Waals surface area contributed by atoms with Crippen LogP contribution in [0, 0.1) is 0 Å². The van der Waals surface area contributed by atoms with Crippen molar-refractivity contribution >= 4 is 15.9 Å². The minimum absolute atomic E-state index is 0.552. The van der Waals surface area contributed by atoms with E-state index >= 15 is 0 Å². The van der Waals surface area contributed by atoms with Crippen LogP contribution in [0.15, 0.2) is 22.7 Å². The highest BCUT2D eigenvalue weighted by atomic mass is 79.9. The molecule has 1 aromatic rings. The Morgan fingerprint density at radius 1 is 1.53 bits per heavy atom. The van der Waals surface area contributed by atoms with E-state index in [1.54, 1.807) is 7.11 Å². The molecule has 0 spiro atoms. The van der Waals surface area contributed by atoms with Gasteiger partial charge in [-0.3, -0.25) is 4.90 Å². The molecule has 94 valence electrons. The van der Waals surface area contributed by atoms with Crippen LogP contribution in [0.5, 0.6) is 5.75 Å². The largest absolute Gasteiger partial charge is 0.496 e. The summed E-state index contributed by atoms with van der Waals surface area (Å²) in [6.07, 6.45) is 2.49. The predicted octanol–water partition coefficient (Wildman–Crippen LogP) is 2.38. The molecule has 0 aromatic heterocycles. The number of nitrogens with two attached hydrogens (primary N) is 1. The number of ether oxygens (including phenoxy) is 1. The van der Waals surface area contributed by atoms with Crippen molar-refractivity contribution in [1.82, 2.24) is 4.90 Å². The smallest absolute Gasteiger partial charge is 0.133 e. The Bertz CT molecular complexity index is 384. The average molecular weight is 299 g/mol. The van der Waals surface area contributed by atoms with Crippen molar-refractivity contribution in [2.75, 3.05) is 20.2 Å². The first kappa shape index (κ1) is 12.9. The number of hydrogen-bond donors (Lipinski definition) is 1. The van der Waals surface area contributed by atoms with E-state index in [9.17, 15) is 0 Å². The molecule has 0 saturated carbocycles. The van der Waals surface area contributed by atoms with Crippen LogP contribution < -0.4 is 10.5 Å². The summed E-state index contributed by atoms with van der Waals surface area (Å²) in [5, 5.41) is 0. The van der Waals surface area contributed by atoms with Crippen molar-refractivity contribution in [3.63, 3.8) is 0 Å². The van der Waals surface area contributed by atoms with Crippen LogP contribution in [0.3, 0.4) is 0 Å². The summed E-state index contributed by atoms with van der Waals surface area (Å²) in [6, 6.07) is 6.81. The van der Waals surface area contributed by atoms with Gasteiger partial charge in [0.15, 0.2) is 0 Å². The van der Waals surface area contributed by atoms with Crippen LogP contribution in [0.1, 0.15) is 18.4 Å². The van der Waals surface area contributed by atoms with Gasteiger partial charge in [0.25, 0.3) is 0 Å². The molecular weight excluding hydrogens is 280 g/mol. The molecule has 2 rings (SSSR count). The Hall–Kier alpha value is -0.580. The molecule has 0 radical (unpaired) electrons. The van der Waals surface area contributed by atoms with Crippen LogP contribution in [0.25, 0.3) is 0 Å². The summed E-state index contributed by atoms with van der Waals surface area (Å²) in [5.41, 5.74) is 7.09. The van der Waals surface area contributed by atoms with E-state index in [1.807, 2.05) is 6.07 Å². The molecule has 17 heavy (non-hydrogen) atoms. The second kappa shape index (κ2) is 5.85. The van der Waals surface area contributed by atoms with Gasteiger partial charge in [0, 0.05) is 19.1 Å². The maximum Gasteiger partial charge on any atom is 0.133 e. The lowest BCUT2D eigenvalue weighted by atomic mass is 10.2. The fraction of sp³-hybridized carbons (Fsp3) is 0.538. The zero-order valence-electron chi connectivity index (χ0n) is 10.2. The first-order valence-electron chi connectivity index (χ1n) is 6.01. The Labute approximate surface area is 111 Å². The highest BCUT2D eigenvalue weighted by Crippen LogP contribution is 2.27. The van der Waals surface area contributed by atoms with E-state index < -0.39 is 0 Å². The molecule has 1 fully saturated rings. The van der Waals surface area contributed by atoms with E-state index in [0.717, 1.165) is 29.9 Å². The third-order valence-electron chi connectivity index (χ3n) is 3.37. The second-order valence-corrected chi connectivity index (χ2v) is 5.33. The number of likely N-dealkylation sites (tertiary alicyclic amines) is 1. The van der Waals surface area contributed by atoms with Gasteiger partial charge in [0.05, 0.1) is 11.6 Å². The van der Waals surface area contributed by atoms with Gasteiger partial charge in [-0.2, -0.15) is 0 Å². The summed E-state index contributed by atoms with van der Waals surface area (Å²) in [7, 11) is 1.69. The summed E-state index contributed by atoms with van der Waals surface area (Å²) in [4.78, 5) is 2.47. The van der Waals surface area contributed by atoms with E-state index in [-0.39, 0.29) is 0 Å². The van der Waals surface area contributed by atoms with Crippen molar-refractivity contribution in [2.45, 2.75) is 25.4 Å². The number of halogens is 1. The van der Waals surface area contributed by atoms with Gasteiger partial charge in [0.1, 0.15) is 5.75 Å². The fourth-order valence-corrected chi connectivity index (χ4v) is 3.00. The quantitative estimate of drug-likeness (QED) is 0.927. The molecule has 0 aliphatic carbocycles. The molecule has 4 heteroatoms. The summed E-state index contributed by atoms with van der Waals surface area (Å²) in [5.74, 6) is 0.880. The van der Waals surface area contributed by atoms with Gasteiger partial charge in [-0.25, -0.2) is 0 Å². The topological polar surface area (TPSA) is 38.5 Å². The van der Waals surface area contributed by atoms with Crippen molar-refractivity contribution in [2.24, 2.45) is 5.73 Å². The number of benzene rings is 1. The van der Waals surface area contributed by atoms with Crippen LogP contribution in [0.2, 0.25) is 0 Å². The number of methoxy groups -OCH3 is 1. The van der Waals surface area contributed by atoms with Gasteiger partial charge in [0.2, 0.25) is 0 Å². The molecule has 1 aliphatic heterocycles. The third kappa shape index (κ3) is 3.00. The average Bonchev–Trinajstić information content (AvgIpc) is 2.76. The van der Waals surface area contributed by atoms with Gasteiger partial charge in [-0.15, -0.1) is 0 Å². The van der Waals surface area contributed by atoms with Gasteiger partial charge in [-0.05, 0) is 53.0 Å². The van der Waals surface area contributed by atoms with Crippen LogP contribution in [-0.4, -0.2) is 31.1 Å². The molecule has 3 nitrogen and oxygen atoms in total. The molecule has 0 amide bonds. The van der Waals surface area contributed by atoms with E-state index in [2.05, 4.69) is 33.0 Å². The van der Waals surface area contributed by atoms with Crippen molar-refractivity contribution < 1.29 is 4.74 Å². The normalized spacial score (nSPS) is 20.8. The zero-order chi connectivity index (χ0) is 12.3. The van der Waals surface area contributed by atoms with Crippen LogP contribution in [0.4, 0.5) is 0 Å². The zero-order valence-corrected chi connectivity index (χ0v) is 11.7. The van der Waals surface area contributed by atoms with E-state index in [1.165, 1.54) is 18.4 Å².